The third-order valence-corrected chi connectivity index (χ3v) is 5.48. The maximum atomic E-state index is 13.3. The van der Waals surface area contributed by atoms with E-state index in [1.165, 1.54) is 30.1 Å². The minimum atomic E-state index is -1.14. The highest BCUT2D eigenvalue weighted by Gasteiger charge is 2.18. The number of benzene rings is 2. The zero-order valence-corrected chi connectivity index (χ0v) is 17.2. The SMILES string of the molecule is Cc1nc(-c2nn(-c3ccc(F)cc3)cc2Sc2ccc(Cl)cc2)cnc1C(=O)O. The third-order valence-electron chi connectivity index (χ3n) is 4.21. The van der Waals surface area contributed by atoms with Gasteiger partial charge >= 0.3 is 5.97 Å². The summed E-state index contributed by atoms with van der Waals surface area (Å²) in [6.07, 6.45) is 3.20. The molecule has 1 N–H and O–H groups in total. The Morgan fingerprint density at radius 2 is 1.83 bits per heavy atom. The van der Waals surface area contributed by atoms with Crippen LogP contribution in [0, 0.1) is 12.7 Å². The standard InChI is InChI=1S/C21H14ClFN4O2S/c1-12-19(21(28)29)24-10-17(25-12)20-18(30-16-8-2-13(22)3-9-16)11-27(26-20)15-6-4-14(23)5-7-15/h2-11H,1H3,(H,28,29). The molecule has 9 heteroatoms. The summed E-state index contributed by atoms with van der Waals surface area (Å²) in [6.45, 7) is 1.59. The van der Waals surface area contributed by atoms with Gasteiger partial charge in [-0.15, -0.1) is 0 Å². The summed E-state index contributed by atoms with van der Waals surface area (Å²) in [5.41, 5.74) is 1.83. The lowest BCUT2D eigenvalue weighted by atomic mass is 10.2. The summed E-state index contributed by atoms with van der Waals surface area (Å²) in [7, 11) is 0. The predicted octanol–water partition coefficient (Wildman–Crippen LogP) is 5.28. The first kappa shape index (κ1) is 20.1. The molecule has 0 unspecified atom stereocenters. The van der Waals surface area contributed by atoms with Crippen molar-refractivity contribution < 1.29 is 14.3 Å². The van der Waals surface area contributed by atoms with Crippen molar-refractivity contribution in [1.82, 2.24) is 19.7 Å². The molecule has 0 atom stereocenters. The summed E-state index contributed by atoms with van der Waals surface area (Å²) >= 11 is 7.43. The summed E-state index contributed by atoms with van der Waals surface area (Å²) < 4.78 is 14.9. The number of carboxylic acid groups (broad SMARTS) is 1. The Bertz CT molecular complexity index is 1230. The van der Waals surface area contributed by atoms with Crippen molar-refractivity contribution in [1.29, 1.82) is 0 Å². The van der Waals surface area contributed by atoms with Crippen LogP contribution in [0.3, 0.4) is 0 Å². The molecule has 2 aromatic carbocycles. The maximum Gasteiger partial charge on any atom is 0.356 e. The van der Waals surface area contributed by atoms with E-state index < -0.39 is 5.97 Å². The number of halogens is 2. The fourth-order valence-corrected chi connectivity index (χ4v) is 3.82. The highest BCUT2D eigenvalue weighted by molar-refractivity contribution is 7.99. The van der Waals surface area contributed by atoms with Crippen LogP contribution in [-0.2, 0) is 0 Å². The zero-order valence-electron chi connectivity index (χ0n) is 15.6. The van der Waals surface area contributed by atoms with E-state index in [0.29, 0.717) is 27.8 Å². The van der Waals surface area contributed by atoms with Crippen molar-refractivity contribution in [2.45, 2.75) is 16.7 Å². The fraction of sp³-hybridized carbons (Fsp3) is 0.0476. The van der Waals surface area contributed by atoms with Crippen LogP contribution in [0.2, 0.25) is 5.02 Å². The Morgan fingerprint density at radius 3 is 2.47 bits per heavy atom. The third kappa shape index (κ3) is 4.19. The van der Waals surface area contributed by atoms with Gasteiger partial charge in [-0.3, -0.25) is 0 Å². The summed E-state index contributed by atoms with van der Waals surface area (Å²) in [5.74, 6) is -1.48. The number of rotatable bonds is 5. The monoisotopic (exact) mass is 440 g/mol. The van der Waals surface area contributed by atoms with E-state index >= 15 is 0 Å². The van der Waals surface area contributed by atoms with Gasteiger partial charge in [-0.05, 0) is 55.5 Å². The second-order valence-corrected chi connectivity index (χ2v) is 7.87. The van der Waals surface area contributed by atoms with E-state index in [4.69, 9.17) is 11.6 Å². The van der Waals surface area contributed by atoms with Crippen LogP contribution in [0.5, 0.6) is 0 Å². The van der Waals surface area contributed by atoms with Crippen LogP contribution < -0.4 is 0 Å². The molecule has 0 bridgehead atoms. The number of carbonyl (C=O) groups is 1. The molecule has 2 aromatic heterocycles. The molecule has 0 spiro atoms. The van der Waals surface area contributed by atoms with Gasteiger partial charge in [-0.1, -0.05) is 23.4 Å². The predicted molar refractivity (Wildman–Crippen MR) is 112 cm³/mol. The first-order chi connectivity index (χ1) is 14.4. The molecule has 150 valence electrons. The number of hydrogen-bond donors (Lipinski definition) is 1. The largest absolute Gasteiger partial charge is 0.476 e. The molecule has 0 aliphatic carbocycles. The molecule has 4 rings (SSSR count). The second kappa shape index (κ2) is 8.25. The van der Waals surface area contributed by atoms with E-state index in [-0.39, 0.29) is 11.5 Å². The average Bonchev–Trinajstić information content (AvgIpc) is 3.13. The number of hydrogen-bond acceptors (Lipinski definition) is 5. The molecule has 0 aliphatic rings. The quantitative estimate of drug-likeness (QED) is 0.454. The van der Waals surface area contributed by atoms with E-state index in [1.54, 1.807) is 35.9 Å². The van der Waals surface area contributed by atoms with Crippen molar-refractivity contribution in [3.05, 3.63) is 83.2 Å². The zero-order chi connectivity index (χ0) is 21.3. The average molecular weight is 441 g/mol. The lowest BCUT2D eigenvalue weighted by Gasteiger charge is -2.04. The Labute approximate surface area is 180 Å². The first-order valence-corrected chi connectivity index (χ1v) is 9.96. The number of nitrogens with zero attached hydrogens (tertiary/aromatic N) is 4. The van der Waals surface area contributed by atoms with Crippen LogP contribution >= 0.6 is 23.4 Å². The van der Waals surface area contributed by atoms with E-state index in [2.05, 4.69) is 15.1 Å². The van der Waals surface area contributed by atoms with Gasteiger partial charge in [0.15, 0.2) is 5.69 Å². The first-order valence-electron chi connectivity index (χ1n) is 8.77. The van der Waals surface area contributed by atoms with Gasteiger partial charge in [0.2, 0.25) is 0 Å². The van der Waals surface area contributed by atoms with Crippen LogP contribution in [-0.4, -0.2) is 30.8 Å². The number of carboxylic acids is 1. The van der Waals surface area contributed by atoms with E-state index in [0.717, 1.165) is 9.79 Å². The number of aromatic nitrogens is 4. The molecule has 0 saturated heterocycles. The minimum absolute atomic E-state index is 0.108. The van der Waals surface area contributed by atoms with Gasteiger partial charge in [0.05, 0.1) is 22.5 Å². The molecular formula is C21H14ClFN4O2S. The molecular weight excluding hydrogens is 427 g/mol. The Morgan fingerprint density at radius 1 is 1.13 bits per heavy atom. The number of aryl methyl sites for hydroxylation is 1. The smallest absolute Gasteiger partial charge is 0.356 e. The summed E-state index contributed by atoms with van der Waals surface area (Å²) in [4.78, 5) is 21.4. The van der Waals surface area contributed by atoms with Gasteiger partial charge in [0.1, 0.15) is 17.2 Å². The second-order valence-electron chi connectivity index (χ2n) is 6.31. The van der Waals surface area contributed by atoms with Gasteiger partial charge in [0.25, 0.3) is 0 Å². The normalized spacial score (nSPS) is 10.9. The summed E-state index contributed by atoms with van der Waals surface area (Å²) in [6, 6.07) is 13.3. The highest BCUT2D eigenvalue weighted by atomic mass is 35.5. The molecule has 0 radical (unpaired) electrons. The van der Waals surface area contributed by atoms with Crippen LogP contribution in [0.4, 0.5) is 4.39 Å². The van der Waals surface area contributed by atoms with E-state index in [1.807, 2.05) is 18.3 Å². The maximum absolute atomic E-state index is 13.3. The van der Waals surface area contributed by atoms with Gasteiger partial charge < -0.3 is 5.11 Å². The van der Waals surface area contributed by atoms with Crippen molar-refractivity contribution >= 4 is 29.3 Å². The molecule has 0 amide bonds. The number of aromatic carboxylic acids is 1. The minimum Gasteiger partial charge on any atom is -0.476 e. The van der Waals surface area contributed by atoms with Crippen molar-refractivity contribution in [2.75, 3.05) is 0 Å². The fourth-order valence-electron chi connectivity index (χ4n) is 2.77. The molecule has 2 heterocycles. The summed E-state index contributed by atoms with van der Waals surface area (Å²) in [5, 5.41) is 14.4. The van der Waals surface area contributed by atoms with Crippen LogP contribution in [0.1, 0.15) is 16.2 Å². The lowest BCUT2D eigenvalue weighted by Crippen LogP contribution is -2.06. The van der Waals surface area contributed by atoms with Crippen LogP contribution in [0.25, 0.3) is 17.1 Å². The van der Waals surface area contributed by atoms with Gasteiger partial charge in [-0.25, -0.2) is 23.8 Å². The van der Waals surface area contributed by atoms with Gasteiger partial charge in [-0.2, -0.15) is 5.10 Å². The molecule has 0 fully saturated rings. The molecule has 0 saturated carbocycles. The Balaban J connectivity index is 1.80. The Hall–Kier alpha value is -3.23. The van der Waals surface area contributed by atoms with E-state index in [9.17, 15) is 14.3 Å². The lowest BCUT2D eigenvalue weighted by molar-refractivity contribution is 0.0689. The van der Waals surface area contributed by atoms with Crippen molar-refractivity contribution in [3.63, 3.8) is 0 Å². The Kier molecular flexibility index (Phi) is 5.52. The molecule has 0 aliphatic heterocycles. The molecule has 4 aromatic rings. The van der Waals surface area contributed by atoms with Gasteiger partial charge in [0, 0.05) is 16.1 Å². The van der Waals surface area contributed by atoms with Crippen molar-refractivity contribution in [3.8, 4) is 17.1 Å². The van der Waals surface area contributed by atoms with Crippen molar-refractivity contribution in [2.24, 2.45) is 0 Å². The molecule has 30 heavy (non-hydrogen) atoms. The topological polar surface area (TPSA) is 80.9 Å². The highest BCUT2D eigenvalue weighted by Crippen LogP contribution is 2.36. The molecule has 6 nitrogen and oxygen atoms in total. The van der Waals surface area contributed by atoms with Crippen LogP contribution in [0.15, 0.2) is 70.7 Å².